The number of hydrogen-bond acceptors (Lipinski definition) is 4. The van der Waals surface area contributed by atoms with Gasteiger partial charge in [0.25, 0.3) is 5.56 Å². The Morgan fingerprint density at radius 1 is 1.19 bits per heavy atom. The molecular weight excluding hydrogens is 268 g/mol. The molecule has 5 heteroatoms. The van der Waals surface area contributed by atoms with Crippen LogP contribution in [-0.2, 0) is 24.0 Å². The second kappa shape index (κ2) is 6.87. The van der Waals surface area contributed by atoms with E-state index in [0.717, 1.165) is 16.7 Å². The molecule has 0 saturated heterocycles. The minimum atomic E-state index is -0.643. The highest BCUT2D eigenvalue weighted by Gasteiger charge is 2.24. The maximum Gasteiger partial charge on any atom is 0.422 e. The molecule has 0 unspecified atom stereocenters. The van der Waals surface area contributed by atoms with E-state index in [4.69, 9.17) is 4.74 Å². The van der Waals surface area contributed by atoms with Gasteiger partial charge in [-0.2, -0.15) is 4.57 Å². The predicted octanol–water partition coefficient (Wildman–Crippen LogP) is 3.10. The van der Waals surface area contributed by atoms with E-state index < -0.39 is 11.7 Å². The number of carbonyl (C=O) groups excluding carboxylic acids is 1. The summed E-state index contributed by atoms with van der Waals surface area (Å²) >= 11 is 0. The lowest BCUT2D eigenvalue weighted by Crippen LogP contribution is -2.38. The molecule has 1 aromatic heterocycles. The van der Waals surface area contributed by atoms with Crippen LogP contribution in [0.3, 0.4) is 0 Å². The van der Waals surface area contributed by atoms with Crippen molar-refractivity contribution in [2.75, 3.05) is 0 Å². The Bertz CT molecular complexity index is 568. The molecule has 21 heavy (non-hydrogen) atoms. The fraction of sp³-hybridized carbons (Fsp3) is 0.688. The highest BCUT2D eigenvalue weighted by atomic mass is 16.6. The zero-order chi connectivity index (χ0) is 16.2. The van der Waals surface area contributed by atoms with Gasteiger partial charge in [0.2, 0.25) is 0 Å². The van der Waals surface area contributed by atoms with E-state index in [2.05, 4.69) is 4.98 Å². The maximum absolute atomic E-state index is 12.6. The summed E-state index contributed by atoms with van der Waals surface area (Å²) in [7, 11) is 0. The van der Waals surface area contributed by atoms with Crippen LogP contribution in [-0.4, -0.2) is 21.2 Å². The zero-order valence-corrected chi connectivity index (χ0v) is 13.9. The number of aryl methyl sites for hydroxylation is 2. The molecule has 0 saturated carbocycles. The molecule has 0 spiro atoms. The lowest BCUT2D eigenvalue weighted by molar-refractivity contribution is 0.0522. The van der Waals surface area contributed by atoms with Gasteiger partial charge in [-0.1, -0.05) is 20.8 Å². The van der Waals surface area contributed by atoms with E-state index in [-0.39, 0.29) is 5.56 Å². The normalized spacial score (nSPS) is 11.5. The van der Waals surface area contributed by atoms with Gasteiger partial charge in [-0.25, -0.2) is 9.78 Å². The summed E-state index contributed by atoms with van der Waals surface area (Å²) in [5.74, 6) is 0.491. The average molecular weight is 294 g/mol. The first-order chi connectivity index (χ1) is 9.75. The third-order valence-electron chi connectivity index (χ3n) is 3.07. The van der Waals surface area contributed by atoms with Gasteiger partial charge in [0.05, 0.1) is 5.69 Å². The summed E-state index contributed by atoms with van der Waals surface area (Å²) in [6.45, 7) is 11.2. The molecule has 0 radical (unpaired) electrons. The second-order valence-electron chi connectivity index (χ2n) is 6.03. The van der Waals surface area contributed by atoms with Crippen molar-refractivity contribution in [2.45, 2.75) is 72.8 Å². The molecule has 0 aliphatic rings. The number of aromatic nitrogens is 2. The van der Waals surface area contributed by atoms with Gasteiger partial charge >= 0.3 is 6.09 Å². The van der Waals surface area contributed by atoms with Crippen LogP contribution in [0.2, 0.25) is 0 Å². The Morgan fingerprint density at radius 2 is 1.81 bits per heavy atom. The van der Waals surface area contributed by atoms with Crippen LogP contribution in [0.5, 0.6) is 0 Å². The summed E-state index contributed by atoms with van der Waals surface area (Å²) in [6.07, 6.45) is 1.99. The highest BCUT2D eigenvalue weighted by molar-refractivity contribution is 5.71. The molecule has 1 rings (SSSR count). The molecule has 0 aromatic carbocycles. The first-order valence-electron chi connectivity index (χ1n) is 7.62. The van der Waals surface area contributed by atoms with E-state index in [1.807, 2.05) is 20.8 Å². The van der Waals surface area contributed by atoms with E-state index in [9.17, 15) is 9.59 Å². The van der Waals surface area contributed by atoms with Crippen LogP contribution in [0.4, 0.5) is 4.79 Å². The first kappa shape index (κ1) is 17.4. The van der Waals surface area contributed by atoms with Gasteiger partial charge in [0.15, 0.2) is 0 Å². The Balaban J connectivity index is 3.47. The molecule has 5 nitrogen and oxygen atoms in total. The minimum Gasteiger partial charge on any atom is -0.443 e. The van der Waals surface area contributed by atoms with Crippen molar-refractivity contribution in [1.29, 1.82) is 0 Å². The van der Waals surface area contributed by atoms with Crippen LogP contribution < -0.4 is 5.56 Å². The highest BCUT2D eigenvalue weighted by Crippen LogP contribution is 2.12. The molecule has 1 heterocycles. The van der Waals surface area contributed by atoms with Crippen molar-refractivity contribution in [3.8, 4) is 0 Å². The maximum atomic E-state index is 12.6. The Kier molecular flexibility index (Phi) is 5.70. The molecule has 0 aliphatic heterocycles. The van der Waals surface area contributed by atoms with Crippen LogP contribution >= 0.6 is 0 Å². The topological polar surface area (TPSA) is 61.2 Å². The van der Waals surface area contributed by atoms with Gasteiger partial charge in [-0.3, -0.25) is 4.79 Å². The van der Waals surface area contributed by atoms with Gasteiger partial charge in [0, 0.05) is 12.0 Å². The van der Waals surface area contributed by atoms with Gasteiger partial charge in [0.1, 0.15) is 11.4 Å². The number of nitrogens with zero attached hydrogens (tertiary/aromatic N) is 2. The zero-order valence-electron chi connectivity index (χ0n) is 13.9. The summed E-state index contributed by atoms with van der Waals surface area (Å²) in [4.78, 5) is 29.5. The summed E-state index contributed by atoms with van der Waals surface area (Å²) in [5, 5.41) is 0. The predicted molar refractivity (Wildman–Crippen MR) is 82.9 cm³/mol. The monoisotopic (exact) mass is 294 g/mol. The number of rotatable bonds is 4. The van der Waals surface area contributed by atoms with E-state index >= 15 is 0 Å². The van der Waals surface area contributed by atoms with Crippen molar-refractivity contribution < 1.29 is 9.53 Å². The van der Waals surface area contributed by atoms with Crippen LogP contribution in [0, 0.1) is 0 Å². The Labute approximate surface area is 126 Å². The Morgan fingerprint density at radius 3 is 2.24 bits per heavy atom. The number of hydrogen-bond donors (Lipinski definition) is 0. The molecule has 0 atom stereocenters. The largest absolute Gasteiger partial charge is 0.443 e. The fourth-order valence-electron chi connectivity index (χ4n) is 2.18. The van der Waals surface area contributed by atoms with Crippen LogP contribution in [0.15, 0.2) is 4.79 Å². The molecule has 0 fully saturated rings. The van der Waals surface area contributed by atoms with Crippen molar-refractivity contribution in [1.82, 2.24) is 9.55 Å². The van der Waals surface area contributed by atoms with Gasteiger partial charge < -0.3 is 4.74 Å². The Hall–Kier alpha value is -1.65. The van der Waals surface area contributed by atoms with Crippen molar-refractivity contribution in [3.05, 3.63) is 27.4 Å². The summed E-state index contributed by atoms with van der Waals surface area (Å²) < 4.78 is 6.45. The summed E-state index contributed by atoms with van der Waals surface area (Å²) in [5.41, 5.74) is 0.450. The number of carbonyl (C=O) groups is 1. The number of ether oxygens (including phenoxy) is 1. The van der Waals surface area contributed by atoms with Crippen molar-refractivity contribution >= 4 is 6.09 Å². The molecule has 118 valence electrons. The van der Waals surface area contributed by atoms with Crippen LogP contribution in [0.25, 0.3) is 0 Å². The molecular formula is C16H26N2O3. The van der Waals surface area contributed by atoms with Crippen LogP contribution in [0.1, 0.15) is 65.0 Å². The van der Waals surface area contributed by atoms with Crippen molar-refractivity contribution in [2.24, 2.45) is 0 Å². The van der Waals surface area contributed by atoms with Crippen molar-refractivity contribution in [3.63, 3.8) is 0 Å². The van der Waals surface area contributed by atoms with E-state index in [0.29, 0.717) is 30.7 Å². The smallest absolute Gasteiger partial charge is 0.422 e. The lowest BCUT2D eigenvalue weighted by atomic mass is 10.1. The van der Waals surface area contributed by atoms with E-state index in [1.165, 1.54) is 0 Å². The molecule has 0 amide bonds. The lowest BCUT2D eigenvalue weighted by Gasteiger charge is -2.21. The molecule has 1 aromatic rings. The first-order valence-corrected chi connectivity index (χ1v) is 7.62. The fourth-order valence-corrected chi connectivity index (χ4v) is 2.18. The standard InChI is InChI=1S/C16H26N2O3/c1-7-10-13-17-12(9-3)11(8-2)14(19)18(13)15(20)21-16(4,5)6/h7-10H2,1-6H3. The average Bonchev–Trinajstić information content (AvgIpc) is 2.36. The SMILES string of the molecule is CCCc1nc(CC)c(CC)c(=O)n1C(=O)OC(C)(C)C. The molecule has 0 N–H and O–H groups in total. The molecule has 0 bridgehead atoms. The third-order valence-corrected chi connectivity index (χ3v) is 3.07. The van der Waals surface area contributed by atoms with Gasteiger partial charge in [-0.15, -0.1) is 0 Å². The molecule has 0 aliphatic carbocycles. The van der Waals surface area contributed by atoms with E-state index in [1.54, 1.807) is 20.8 Å². The minimum absolute atomic E-state index is 0.290. The third kappa shape index (κ3) is 4.16. The second-order valence-corrected chi connectivity index (χ2v) is 6.03. The van der Waals surface area contributed by atoms with Gasteiger partial charge in [-0.05, 0) is 40.0 Å². The summed E-state index contributed by atoms with van der Waals surface area (Å²) in [6, 6.07) is 0. The quantitative estimate of drug-likeness (QED) is 0.856.